The van der Waals surface area contributed by atoms with Crippen LogP contribution in [0, 0.1) is 7.05 Å². The summed E-state index contributed by atoms with van der Waals surface area (Å²) in [6.45, 7) is 0. The normalized spacial score (nSPS) is 8.90. The van der Waals surface area contributed by atoms with Gasteiger partial charge in [-0.25, -0.2) is 0 Å². The predicted molar refractivity (Wildman–Crippen MR) is 36.0 cm³/mol. The van der Waals surface area contributed by atoms with Crippen molar-refractivity contribution in [2.24, 2.45) is 0 Å². The van der Waals surface area contributed by atoms with Gasteiger partial charge < -0.3 is 5.32 Å². The molecule has 0 atom stereocenters. The van der Waals surface area contributed by atoms with E-state index in [-0.39, 0.29) is 5.91 Å². The van der Waals surface area contributed by atoms with Crippen LogP contribution in [0.3, 0.4) is 0 Å². The summed E-state index contributed by atoms with van der Waals surface area (Å²) >= 11 is 0. The van der Waals surface area contributed by atoms with Crippen molar-refractivity contribution in [1.29, 1.82) is 0 Å². The lowest BCUT2D eigenvalue weighted by Crippen LogP contribution is -2.15. The van der Waals surface area contributed by atoms with Gasteiger partial charge in [0.15, 0.2) is 0 Å². The average Bonchev–Trinajstić information content (AvgIpc) is 2.05. The van der Waals surface area contributed by atoms with Crippen LogP contribution in [-0.4, -0.2) is 10.9 Å². The molecule has 0 unspecified atom stereocenters. The highest BCUT2D eigenvalue weighted by Crippen LogP contribution is 1.93. The summed E-state index contributed by atoms with van der Waals surface area (Å²) in [6.07, 6.45) is 3.04. The molecule has 0 saturated heterocycles. The fourth-order valence-corrected chi connectivity index (χ4v) is 0.580. The third kappa shape index (κ3) is 1.31. The van der Waals surface area contributed by atoms with E-state index in [0.717, 1.165) is 0 Å². The van der Waals surface area contributed by atoms with E-state index in [1.54, 1.807) is 18.3 Å². The fourth-order valence-electron chi connectivity index (χ4n) is 0.580. The van der Waals surface area contributed by atoms with Gasteiger partial charge in [-0.05, 0) is 12.1 Å². The molecule has 0 aliphatic heterocycles. The maximum Gasteiger partial charge on any atom is 0.253 e. The number of carbonyl (C=O) groups excluding carboxylic acids is 1. The quantitative estimate of drug-likeness (QED) is 0.567. The Hall–Kier alpha value is -1.38. The van der Waals surface area contributed by atoms with E-state index < -0.39 is 0 Å². The van der Waals surface area contributed by atoms with E-state index in [1.165, 1.54) is 6.20 Å². The van der Waals surface area contributed by atoms with Crippen molar-refractivity contribution in [3.63, 3.8) is 0 Å². The van der Waals surface area contributed by atoms with Crippen molar-refractivity contribution in [3.8, 4) is 0 Å². The first-order valence-corrected chi connectivity index (χ1v) is 2.75. The summed E-state index contributed by atoms with van der Waals surface area (Å²) in [4.78, 5) is 14.5. The van der Waals surface area contributed by atoms with Gasteiger partial charge in [-0.3, -0.25) is 9.78 Å². The average molecular weight is 134 g/mol. The number of carbonyl (C=O) groups is 1. The first-order valence-electron chi connectivity index (χ1n) is 2.75. The highest BCUT2D eigenvalue weighted by molar-refractivity contribution is 5.93. The lowest BCUT2D eigenvalue weighted by molar-refractivity contribution is 0.0968. The Morgan fingerprint density at radius 3 is 3.00 bits per heavy atom. The molecule has 1 aromatic heterocycles. The molecule has 10 heavy (non-hydrogen) atoms. The maximum absolute atomic E-state index is 10.7. The lowest BCUT2D eigenvalue weighted by atomic mass is 10.3. The van der Waals surface area contributed by atoms with Crippen LogP contribution in [-0.2, 0) is 0 Å². The van der Waals surface area contributed by atoms with Crippen molar-refractivity contribution in [2.75, 3.05) is 0 Å². The molecule has 0 bridgehead atoms. The standard InChI is InChI=1S/C7H6N2O/c1-8-7(10)6-3-2-4-9-5-6/h1-5H,(H,8,10). The molecule has 0 fully saturated rings. The maximum atomic E-state index is 10.7. The third-order valence-electron chi connectivity index (χ3n) is 1.05. The molecule has 3 heteroatoms. The number of aromatic nitrogens is 1. The molecular weight excluding hydrogens is 128 g/mol. The number of amides is 1. The van der Waals surface area contributed by atoms with Gasteiger partial charge in [0.1, 0.15) is 0 Å². The smallest absolute Gasteiger partial charge is 0.253 e. The summed E-state index contributed by atoms with van der Waals surface area (Å²) in [6, 6.07) is 3.31. The summed E-state index contributed by atoms with van der Waals surface area (Å²) in [5.41, 5.74) is 0.463. The molecule has 2 radical (unpaired) electrons. The summed E-state index contributed by atoms with van der Waals surface area (Å²) < 4.78 is 0. The molecule has 1 N–H and O–H groups in total. The van der Waals surface area contributed by atoms with E-state index in [4.69, 9.17) is 7.05 Å². The molecule has 1 aromatic rings. The fraction of sp³-hybridized carbons (Fsp3) is 0. The van der Waals surface area contributed by atoms with Crippen LogP contribution in [0.25, 0.3) is 0 Å². The van der Waals surface area contributed by atoms with Gasteiger partial charge >= 0.3 is 0 Å². The third-order valence-corrected chi connectivity index (χ3v) is 1.05. The van der Waals surface area contributed by atoms with Gasteiger partial charge in [-0.2, -0.15) is 0 Å². The van der Waals surface area contributed by atoms with Crippen LogP contribution < -0.4 is 5.32 Å². The second-order valence-corrected chi connectivity index (χ2v) is 1.72. The Labute approximate surface area is 59.1 Å². The Morgan fingerprint density at radius 2 is 2.50 bits per heavy atom. The Kier molecular flexibility index (Phi) is 1.99. The molecule has 0 aromatic carbocycles. The minimum Gasteiger partial charge on any atom is -0.345 e. The van der Waals surface area contributed by atoms with Gasteiger partial charge in [-0.15, -0.1) is 0 Å². The second-order valence-electron chi connectivity index (χ2n) is 1.72. The Balaban J connectivity index is 2.85. The van der Waals surface area contributed by atoms with E-state index >= 15 is 0 Å². The minimum absolute atomic E-state index is 0.326. The van der Waals surface area contributed by atoms with E-state index in [0.29, 0.717) is 5.56 Å². The largest absolute Gasteiger partial charge is 0.345 e. The van der Waals surface area contributed by atoms with Crippen molar-refractivity contribution < 1.29 is 4.79 Å². The number of hydrogen-bond acceptors (Lipinski definition) is 2. The Morgan fingerprint density at radius 1 is 1.70 bits per heavy atom. The number of nitrogens with zero attached hydrogens (tertiary/aromatic N) is 1. The lowest BCUT2D eigenvalue weighted by Gasteiger charge is -1.94. The summed E-state index contributed by atoms with van der Waals surface area (Å²) in [7, 11) is 4.88. The molecule has 1 amide bonds. The number of hydrogen-bond donors (Lipinski definition) is 1. The SMILES string of the molecule is [CH]NC(=O)c1cccnc1. The van der Waals surface area contributed by atoms with Crippen LogP contribution in [0.2, 0.25) is 0 Å². The molecular formula is C7H6N2O. The molecule has 3 nitrogen and oxygen atoms in total. The molecule has 0 spiro atoms. The predicted octanol–water partition coefficient (Wildman–Crippen LogP) is 0.480. The number of nitrogens with one attached hydrogen (secondary N) is 1. The van der Waals surface area contributed by atoms with Crippen LogP contribution >= 0.6 is 0 Å². The van der Waals surface area contributed by atoms with Crippen molar-refractivity contribution in [1.82, 2.24) is 10.3 Å². The van der Waals surface area contributed by atoms with Crippen LogP contribution in [0.15, 0.2) is 24.5 Å². The van der Waals surface area contributed by atoms with E-state index in [2.05, 4.69) is 4.98 Å². The van der Waals surface area contributed by atoms with Gasteiger partial charge in [0.05, 0.1) is 12.6 Å². The van der Waals surface area contributed by atoms with Gasteiger partial charge in [0.2, 0.25) is 0 Å². The van der Waals surface area contributed by atoms with Crippen LogP contribution in [0.5, 0.6) is 0 Å². The van der Waals surface area contributed by atoms with E-state index in [9.17, 15) is 4.79 Å². The van der Waals surface area contributed by atoms with Crippen LogP contribution in [0.1, 0.15) is 10.4 Å². The van der Waals surface area contributed by atoms with Crippen LogP contribution in [0.4, 0.5) is 0 Å². The second kappa shape index (κ2) is 2.96. The molecule has 0 aliphatic rings. The molecule has 1 heterocycles. The van der Waals surface area contributed by atoms with Crippen molar-refractivity contribution in [3.05, 3.63) is 37.1 Å². The highest BCUT2D eigenvalue weighted by Gasteiger charge is 1.99. The topological polar surface area (TPSA) is 42.0 Å². The monoisotopic (exact) mass is 134 g/mol. The molecule has 0 saturated carbocycles. The summed E-state index contributed by atoms with van der Waals surface area (Å²) in [5.74, 6) is -0.326. The minimum atomic E-state index is -0.326. The zero-order valence-electron chi connectivity index (χ0n) is 5.24. The first-order chi connectivity index (χ1) is 4.84. The zero-order chi connectivity index (χ0) is 7.40. The van der Waals surface area contributed by atoms with Crippen molar-refractivity contribution >= 4 is 5.91 Å². The first kappa shape index (κ1) is 6.74. The zero-order valence-corrected chi connectivity index (χ0v) is 5.24. The molecule has 1 rings (SSSR count). The van der Waals surface area contributed by atoms with Gasteiger partial charge in [0.25, 0.3) is 5.91 Å². The van der Waals surface area contributed by atoms with Gasteiger partial charge in [0, 0.05) is 12.4 Å². The number of pyridine rings is 1. The van der Waals surface area contributed by atoms with Crippen molar-refractivity contribution in [2.45, 2.75) is 0 Å². The molecule has 50 valence electrons. The summed E-state index contributed by atoms with van der Waals surface area (Å²) in [5, 5.41) is 2.00. The van der Waals surface area contributed by atoms with E-state index in [1.807, 2.05) is 5.32 Å². The van der Waals surface area contributed by atoms with Gasteiger partial charge in [-0.1, -0.05) is 0 Å². The number of rotatable bonds is 1. The Bertz CT molecular complexity index is 220. The highest BCUT2D eigenvalue weighted by atomic mass is 16.1. The molecule has 0 aliphatic carbocycles.